The molecule has 3 rings (SSSR count). The van der Waals surface area contributed by atoms with Crippen LogP contribution < -0.4 is 10.5 Å². The lowest BCUT2D eigenvalue weighted by atomic mass is 10.0. The van der Waals surface area contributed by atoms with Gasteiger partial charge in [-0.25, -0.2) is 0 Å². The molecular formula is C20H19F6N3O3. The predicted octanol–water partition coefficient (Wildman–Crippen LogP) is 3.51. The van der Waals surface area contributed by atoms with Gasteiger partial charge in [-0.2, -0.15) is 13.2 Å². The van der Waals surface area contributed by atoms with Crippen molar-refractivity contribution < 1.29 is 41.0 Å². The number of fused-ring (bicyclic) bond motifs is 1. The molecule has 12 heteroatoms. The van der Waals surface area contributed by atoms with Crippen molar-refractivity contribution in [2.45, 2.75) is 38.0 Å². The number of nitrogens with zero attached hydrogens (tertiary/aromatic N) is 2. The average Bonchev–Trinajstić information content (AvgIpc) is 3.01. The molecule has 0 radical (unpaired) electrons. The number of carbonyl (C=O) groups is 1. The van der Waals surface area contributed by atoms with Gasteiger partial charge in [-0.1, -0.05) is 30.3 Å². The zero-order chi connectivity index (χ0) is 23.8. The van der Waals surface area contributed by atoms with Crippen LogP contribution in [0.1, 0.15) is 33.2 Å². The van der Waals surface area contributed by atoms with E-state index in [-0.39, 0.29) is 29.8 Å². The smallest absolute Gasteiger partial charge is 0.405 e. The first-order valence-corrected chi connectivity index (χ1v) is 9.26. The summed E-state index contributed by atoms with van der Waals surface area (Å²) in [5.41, 5.74) is 6.83. The van der Waals surface area contributed by atoms with Crippen LogP contribution >= 0.6 is 0 Å². The van der Waals surface area contributed by atoms with Gasteiger partial charge in [-0.3, -0.25) is 9.69 Å². The third-order valence-electron chi connectivity index (χ3n) is 5.03. The van der Waals surface area contributed by atoms with Gasteiger partial charge in [0, 0.05) is 24.2 Å². The van der Waals surface area contributed by atoms with Gasteiger partial charge in [-0.15, -0.1) is 13.2 Å². The summed E-state index contributed by atoms with van der Waals surface area (Å²) in [6.07, 6.45) is -14.0. The number of nitrogens with two attached hydrogens (primary N) is 1. The zero-order valence-corrected chi connectivity index (χ0v) is 16.6. The second kappa shape index (κ2) is 8.60. The number of carbonyl (C=O) groups excluding carboxylic acids is 1. The average molecular weight is 463 g/mol. The zero-order valence-electron chi connectivity index (χ0n) is 16.6. The first-order chi connectivity index (χ1) is 14.8. The number of alkyl halides is 6. The van der Waals surface area contributed by atoms with Gasteiger partial charge < -0.3 is 20.5 Å². The highest BCUT2D eigenvalue weighted by molar-refractivity contribution is 5.98. The van der Waals surface area contributed by atoms with Gasteiger partial charge in [0.1, 0.15) is 5.75 Å². The predicted molar refractivity (Wildman–Crippen MR) is 99.9 cm³/mol. The van der Waals surface area contributed by atoms with Crippen molar-refractivity contribution in [2.24, 2.45) is 5.73 Å². The second-order valence-corrected chi connectivity index (χ2v) is 7.26. The molecule has 174 valence electrons. The van der Waals surface area contributed by atoms with Crippen LogP contribution in [0.4, 0.5) is 26.3 Å². The van der Waals surface area contributed by atoms with Crippen LogP contribution in [0.5, 0.6) is 5.75 Å². The van der Waals surface area contributed by atoms with Crippen LogP contribution in [0.3, 0.4) is 0 Å². The Morgan fingerprint density at radius 2 is 1.81 bits per heavy atom. The number of benzene rings is 2. The topological polar surface area (TPSA) is 79.0 Å². The van der Waals surface area contributed by atoms with Crippen LogP contribution in [0.15, 0.2) is 42.5 Å². The normalized spacial score (nSPS) is 16.3. The Balaban J connectivity index is 1.79. The standard InChI is InChI=1S/C20H19F6N3O3/c1-28(18(31)19(21,22)23)16(27)11-6-7-12-9-29(17(30)14(12)8-11)10-13-4-2-3-5-15(13)32-20(24,25)26/h2-8,16,18,31H,9-10,27H2,1H3. The molecule has 1 amide bonds. The molecule has 0 fully saturated rings. The molecule has 0 aromatic heterocycles. The number of halogens is 6. The summed E-state index contributed by atoms with van der Waals surface area (Å²) in [5.74, 6) is -0.955. The maximum Gasteiger partial charge on any atom is 0.573 e. The van der Waals surface area contributed by atoms with Crippen molar-refractivity contribution in [3.05, 3.63) is 64.7 Å². The number of para-hydroxylation sites is 1. The van der Waals surface area contributed by atoms with Crippen molar-refractivity contribution in [3.63, 3.8) is 0 Å². The molecule has 1 aliphatic rings. The summed E-state index contributed by atoms with van der Waals surface area (Å²) in [7, 11) is 0.988. The number of amides is 1. The summed E-state index contributed by atoms with van der Waals surface area (Å²) in [6, 6.07) is 9.66. The number of hydrogen-bond donors (Lipinski definition) is 2. The Morgan fingerprint density at radius 3 is 2.44 bits per heavy atom. The number of ether oxygens (including phenoxy) is 1. The van der Waals surface area contributed by atoms with Gasteiger partial charge in [-0.05, 0) is 30.3 Å². The first-order valence-electron chi connectivity index (χ1n) is 9.26. The third kappa shape index (κ3) is 5.14. The van der Waals surface area contributed by atoms with Crippen molar-refractivity contribution in [1.29, 1.82) is 0 Å². The SMILES string of the molecule is CN(C(N)c1ccc2c(c1)C(=O)N(Cc1ccccc1OC(F)(F)F)C2)C(O)C(F)(F)F. The van der Waals surface area contributed by atoms with E-state index in [1.165, 1.54) is 41.3 Å². The number of aliphatic hydroxyl groups is 1. The summed E-state index contributed by atoms with van der Waals surface area (Å²) in [4.78, 5) is 14.6. The van der Waals surface area contributed by atoms with Crippen LogP contribution in [0.25, 0.3) is 0 Å². The van der Waals surface area contributed by atoms with E-state index < -0.39 is 36.6 Å². The molecule has 0 bridgehead atoms. The van der Waals surface area contributed by atoms with Crippen LogP contribution in [-0.2, 0) is 13.1 Å². The fraction of sp³-hybridized carbons (Fsp3) is 0.350. The molecule has 32 heavy (non-hydrogen) atoms. The Kier molecular flexibility index (Phi) is 6.40. The molecule has 0 saturated heterocycles. The molecule has 2 unspecified atom stereocenters. The lowest BCUT2D eigenvalue weighted by Crippen LogP contribution is -2.47. The highest BCUT2D eigenvalue weighted by atomic mass is 19.4. The molecule has 2 aromatic carbocycles. The minimum atomic E-state index is -4.92. The number of rotatable bonds is 6. The van der Waals surface area contributed by atoms with Gasteiger partial charge in [0.15, 0.2) is 0 Å². The Morgan fingerprint density at radius 1 is 1.16 bits per heavy atom. The van der Waals surface area contributed by atoms with Crippen LogP contribution in [0.2, 0.25) is 0 Å². The summed E-state index contributed by atoms with van der Waals surface area (Å²) in [6.45, 7) is -0.0844. The molecule has 0 saturated carbocycles. The molecule has 1 heterocycles. The first kappa shape index (κ1) is 23.8. The van der Waals surface area contributed by atoms with E-state index in [0.717, 1.165) is 13.1 Å². The second-order valence-electron chi connectivity index (χ2n) is 7.26. The van der Waals surface area contributed by atoms with Crippen molar-refractivity contribution in [3.8, 4) is 5.75 Å². The van der Waals surface area contributed by atoms with Crippen molar-refractivity contribution in [1.82, 2.24) is 9.80 Å². The maximum atomic E-state index is 12.8. The Hall–Kier alpha value is -2.83. The molecule has 0 aliphatic carbocycles. The van der Waals surface area contributed by atoms with Gasteiger partial charge in [0.05, 0.1) is 6.17 Å². The van der Waals surface area contributed by atoms with E-state index in [4.69, 9.17) is 5.73 Å². The monoisotopic (exact) mass is 463 g/mol. The van der Waals surface area contributed by atoms with Crippen molar-refractivity contribution in [2.75, 3.05) is 7.05 Å². The molecule has 6 nitrogen and oxygen atoms in total. The van der Waals surface area contributed by atoms with E-state index >= 15 is 0 Å². The maximum absolute atomic E-state index is 12.8. The van der Waals surface area contributed by atoms with Gasteiger partial charge in [0.25, 0.3) is 5.91 Å². The quantitative estimate of drug-likeness (QED) is 0.507. The third-order valence-corrected chi connectivity index (χ3v) is 5.03. The lowest BCUT2D eigenvalue weighted by Gasteiger charge is -2.30. The molecule has 2 aromatic rings. The lowest BCUT2D eigenvalue weighted by molar-refractivity contribution is -0.275. The summed E-state index contributed by atoms with van der Waals surface area (Å²) in [5, 5.41) is 9.40. The van der Waals surface area contributed by atoms with Gasteiger partial charge >= 0.3 is 12.5 Å². The Labute approximate surface area is 178 Å². The molecule has 2 atom stereocenters. The van der Waals surface area contributed by atoms with E-state index in [1.54, 1.807) is 0 Å². The fourth-order valence-electron chi connectivity index (χ4n) is 3.37. The van der Waals surface area contributed by atoms with E-state index in [1.807, 2.05) is 0 Å². The largest absolute Gasteiger partial charge is 0.573 e. The minimum absolute atomic E-state index is 0.0883. The van der Waals surface area contributed by atoms with Crippen LogP contribution in [-0.4, -0.2) is 46.6 Å². The highest BCUT2D eigenvalue weighted by Gasteiger charge is 2.43. The fourth-order valence-corrected chi connectivity index (χ4v) is 3.37. The van der Waals surface area contributed by atoms with Crippen LogP contribution in [0, 0.1) is 0 Å². The van der Waals surface area contributed by atoms with Crippen molar-refractivity contribution >= 4 is 5.91 Å². The molecule has 0 spiro atoms. The molecule has 3 N–H and O–H groups in total. The minimum Gasteiger partial charge on any atom is -0.405 e. The highest BCUT2D eigenvalue weighted by Crippen LogP contribution is 2.32. The molecular weight excluding hydrogens is 444 g/mol. The van der Waals surface area contributed by atoms with E-state index in [0.29, 0.717) is 10.5 Å². The number of hydrogen-bond acceptors (Lipinski definition) is 5. The number of aliphatic hydroxyl groups excluding tert-OH is 1. The summed E-state index contributed by atoms with van der Waals surface area (Å²) >= 11 is 0. The van der Waals surface area contributed by atoms with E-state index in [2.05, 4.69) is 4.74 Å². The molecule has 1 aliphatic heterocycles. The Bertz CT molecular complexity index is 995. The summed E-state index contributed by atoms with van der Waals surface area (Å²) < 4.78 is 80.2. The van der Waals surface area contributed by atoms with E-state index in [9.17, 15) is 36.2 Å². The van der Waals surface area contributed by atoms with Gasteiger partial charge in [0.2, 0.25) is 6.23 Å².